The number of anilines is 2. The summed E-state index contributed by atoms with van der Waals surface area (Å²) in [5.41, 5.74) is 1.07. The number of carbonyl (C=O) groups is 1. The van der Waals surface area contributed by atoms with Crippen LogP contribution in [0.3, 0.4) is 0 Å². The fourth-order valence-electron chi connectivity index (χ4n) is 3.48. The Morgan fingerprint density at radius 1 is 1.10 bits per heavy atom. The molecule has 0 saturated carbocycles. The minimum absolute atomic E-state index is 0.104. The number of rotatable bonds is 7. The van der Waals surface area contributed by atoms with Gasteiger partial charge < -0.3 is 14.5 Å². The first-order valence-electron chi connectivity index (χ1n) is 10.2. The monoisotopic (exact) mass is 449 g/mol. The summed E-state index contributed by atoms with van der Waals surface area (Å²) in [6, 6.07) is 13.2. The molecule has 1 aliphatic heterocycles. The van der Waals surface area contributed by atoms with Crippen molar-refractivity contribution in [2.45, 2.75) is 19.4 Å². The summed E-state index contributed by atoms with van der Waals surface area (Å²) < 4.78 is 44.4. The number of hydrogen-bond donors (Lipinski definition) is 0. The Labute approximate surface area is 183 Å². The molecule has 0 spiro atoms. The minimum atomic E-state index is -3.35. The van der Waals surface area contributed by atoms with Crippen LogP contribution >= 0.6 is 0 Å². The molecule has 9 heteroatoms. The van der Waals surface area contributed by atoms with Gasteiger partial charge in [-0.15, -0.1) is 0 Å². The highest BCUT2D eigenvalue weighted by molar-refractivity contribution is 7.92. The molecule has 0 N–H and O–H groups in total. The first kappa shape index (κ1) is 22.9. The van der Waals surface area contributed by atoms with Crippen LogP contribution in [0.4, 0.5) is 15.8 Å². The van der Waals surface area contributed by atoms with Crippen LogP contribution < -0.4 is 13.9 Å². The zero-order valence-corrected chi connectivity index (χ0v) is 18.8. The van der Waals surface area contributed by atoms with Gasteiger partial charge in [0.25, 0.3) is 5.91 Å². The smallest absolute Gasteiger partial charge is 0.263 e. The lowest BCUT2D eigenvalue weighted by atomic mass is 10.2. The molecule has 31 heavy (non-hydrogen) atoms. The van der Waals surface area contributed by atoms with E-state index in [1.807, 2.05) is 11.8 Å². The highest BCUT2D eigenvalue weighted by atomic mass is 32.2. The van der Waals surface area contributed by atoms with E-state index in [4.69, 9.17) is 4.74 Å². The maximum atomic E-state index is 14.0. The van der Waals surface area contributed by atoms with Crippen molar-refractivity contribution in [2.75, 3.05) is 48.7 Å². The van der Waals surface area contributed by atoms with Crippen molar-refractivity contribution in [3.63, 3.8) is 0 Å². The van der Waals surface area contributed by atoms with Gasteiger partial charge in [0.1, 0.15) is 11.6 Å². The van der Waals surface area contributed by atoms with Crippen molar-refractivity contribution in [1.82, 2.24) is 4.90 Å². The van der Waals surface area contributed by atoms with Crippen LogP contribution in [0.15, 0.2) is 48.5 Å². The van der Waals surface area contributed by atoms with Crippen LogP contribution in [0.5, 0.6) is 5.75 Å². The number of nitrogens with zero attached hydrogens (tertiary/aromatic N) is 3. The molecule has 0 aromatic heterocycles. The van der Waals surface area contributed by atoms with Gasteiger partial charge in [-0.25, -0.2) is 12.8 Å². The second kappa shape index (κ2) is 9.55. The Balaban J connectivity index is 1.60. The highest BCUT2D eigenvalue weighted by Crippen LogP contribution is 2.23. The van der Waals surface area contributed by atoms with Crippen molar-refractivity contribution >= 4 is 27.3 Å². The van der Waals surface area contributed by atoms with Gasteiger partial charge in [-0.3, -0.25) is 9.10 Å². The number of amides is 1. The summed E-state index contributed by atoms with van der Waals surface area (Å²) >= 11 is 0. The topological polar surface area (TPSA) is 70.2 Å². The lowest BCUT2D eigenvalue weighted by molar-refractivity contribution is -0.139. The molecule has 168 valence electrons. The van der Waals surface area contributed by atoms with Crippen LogP contribution in [0.1, 0.15) is 13.3 Å². The fraction of sp³-hybridized carbons (Fsp3) is 0.409. The lowest BCUT2D eigenvalue weighted by Gasteiger charge is -2.37. The average Bonchev–Trinajstić information content (AvgIpc) is 2.77. The number of ether oxygens (including phenoxy) is 1. The summed E-state index contributed by atoms with van der Waals surface area (Å²) in [5.74, 6) is 0.130. The van der Waals surface area contributed by atoms with E-state index in [2.05, 4.69) is 0 Å². The third-order valence-electron chi connectivity index (χ3n) is 5.41. The first-order chi connectivity index (χ1) is 14.7. The number of piperazine rings is 1. The lowest BCUT2D eigenvalue weighted by Crippen LogP contribution is -2.52. The third kappa shape index (κ3) is 5.46. The van der Waals surface area contributed by atoms with Gasteiger partial charge in [0, 0.05) is 33.2 Å². The second-order valence-electron chi connectivity index (χ2n) is 7.50. The Morgan fingerprint density at radius 2 is 1.71 bits per heavy atom. The van der Waals surface area contributed by atoms with Gasteiger partial charge in [0.2, 0.25) is 10.0 Å². The van der Waals surface area contributed by atoms with E-state index in [1.165, 1.54) is 17.4 Å². The van der Waals surface area contributed by atoms with Gasteiger partial charge in [0.05, 0.1) is 17.6 Å². The van der Waals surface area contributed by atoms with E-state index in [-0.39, 0.29) is 11.7 Å². The Kier molecular flexibility index (Phi) is 7.04. The Hall–Kier alpha value is -2.81. The van der Waals surface area contributed by atoms with Crippen molar-refractivity contribution < 1.29 is 22.3 Å². The second-order valence-corrected chi connectivity index (χ2v) is 9.52. The number of sulfonamides is 1. The van der Waals surface area contributed by atoms with E-state index >= 15 is 0 Å². The Bertz CT molecular complexity index is 1010. The van der Waals surface area contributed by atoms with Crippen LogP contribution in [-0.4, -0.2) is 64.8 Å². The molecule has 7 nitrogen and oxygen atoms in total. The number of carbonyl (C=O) groups excluding carboxylic acids is 1. The molecule has 1 heterocycles. The zero-order chi connectivity index (χ0) is 22.6. The maximum Gasteiger partial charge on any atom is 0.263 e. The predicted molar refractivity (Wildman–Crippen MR) is 120 cm³/mol. The SMILES string of the molecule is CC[C@@H](Oc1ccc(N(C)S(C)(=O)=O)cc1)C(=O)N1CCN(c2ccccc2F)CC1. The molecule has 1 amide bonds. The van der Waals surface area contributed by atoms with Crippen molar-refractivity contribution in [3.05, 3.63) is 54.3 Å². The quantitative estimate of drug-likeness (QED) is 0.650. The molecule has 1 fully saturated rings. The molecular weight excluding hydrogens is 421 g/mol. The first-order valence-corrected chi connectivity index (χ1v) is 12.0. The van der Waals surface area contributed by atoms with Crippen LogP contribution in [-0.2, 0) is 14.8 Å². The summed E-state index contributed by atoms with van der Waals surface area (Å²) in [6.45, 7) is 3.96. The summed E-state index contributed by atoms with van der Waals surface area (Å²) in [5, 5.41) is 0. The molecule has 1 saturated heterocycles. The maximum absolute atomic E-state index is 14.0. The largest absolute Gasteiger partial charge is 0.481 e. The molecule has 0 radical (unpaired) electrons. The van der Waals surface area contributed by atoms with E-state index in [9.17, 15) is 17.6 Å². The van der Waals surface area contributed by atoms with Crippen LogP contribution in [0, 0.1) is 5.82 Å². The van der Waals surface area contributed by atoms with Gasteiger partial charge in [-0.05, 0) is 42.8 Å². The molecule has 1 aliphatic rings. The highest BCUT2D eigenvalue weighted by Gasteiger charge is 2.28. The van der Waals surface area contributed by atoms with Crippen molar-refractivity contribution in [2.24, 2.45) is 0 Å². The molecule has 2 aromatic carbocycles. The van der Waals surface area contributed by atoms with Crippen LogP contribution in [0.2, 0.25) is 0 Å². The number of para-hydroxylation sites is 1. The van der Waals surface area contributed by atoms with Gasteiger partial charge >= 0.3 is 0 Å². The molecular formula is C22H28FN3O4S. The molecule has 1 atom stereocenters. The number of benzene rings is 2. The van der Waals surface area contributed by atoms with E-state index in [0.29, 0.717) is 49.7 Å². The predicted octanol–water partition coefficient (Wildman–Crippen LogP) is 2.73. The summed E-state index contributed by atoms with van der Waals surface area (Å²) in [4.78, 5) is 16.7. The minimum Gasteiger partial charge on any atom is -0.481 e. The Morgan fingerprint density at radius 3 is 2.26 bits per heavy atom. The summed E-state index contributed by atoms with van der Waals surface area (Å²) in [7, 11) is -1.87. The molecule has 2 aromatic rings. The fourth-order valence-corrected chi connectivity index (χ4v) is 3.98. The normalized spacial score (nSPS) is 15.5. The van der Waals surface area contributed by atoms with Gasteiger partial charge in [-0.1, -0.05) is 19.1 Å². The van der Waals surface area contributed by atoms with E-state index in [0.717, 1.165) is 6.26 Å². The average molecular weight is 450 g/mol. The number of halogens is 1. The summed E-state index contributed by atoms with van der Waals surface area (Å²) in [6.07, 6.45) is 0.991. The molecule has 0 bridgehead atoms. The standard InChI is InChI=1S/C22H28FN3O4S/c1-4-21(30-18-11-9-17(10-12-18)24(2)31(3,28)29)22(27)26-15-13-25(14-16-26)20-8-6-5-7-19(20)23/h5-12,21H,4,13-16H2,1-3H3/t21-/m1/s1. The van der Waals surface area contributed by atoms with Gasteiger partial charge in [0.15, 0.2) is 6.10 Å². The number of hydrogen-bond acceptors (Lipinski definition) is 5. The van der Waals surface area contributed by atoms with Crippen molar-refractivity contribution in [1.29, 1.82) is 0 Å². The zero-order valence-electron chi connectivity index (χ0n) is 18.0. The molecule has 0 aliphatic carbocycles. The molecule has 3 rings (SSSR count). The third-order valence-corrected chi connectivity index (χ3v) is 6.61. The van der Waals surface area contributed by atoms with Gasteiger partial charge in [-0.2, -0.15) is 0 Å². The van der Waals surface area contributed by atoms with Crippen molar-refractivity contribution in [3.8, 4) is 5.75 Å². The van der Waals surface area contributed by atoms with E-state index < -0.39 is 16.1 Å². The van der Waals surface area contributed by atoms with Crippen LogP contribution in [0.25, 0.3) is 0 Å². The molecule has 0 unspecified atom stereocenters. The van der Waals surface area contributed by atoms with E-state index in [1.54, 1.807) is 47.4 Å².